The van der Waals surface area contributed by atoms with Crippen LogP contribution in [0.15, 0.2) is 42.5 Å². The second kappa shape index (κ2) is 9.85. The quantitative estimate of drug-likeness (QED) is 0.345. The maximum Gasteiger partial charge on any atom is 0.321 e. The Bertz CT molecular complexity index is 718. The molecule has 0 saturated carbocycles. The van der Waals surface area contributed by atoms with Crippen molar-refractivity contribution in [3.8, 4) is 0 Å². The molecule has 2 aromatic rings. The lowest BCUT2D eigenvalue weighted by Gasteiger charge is -2.18. The minimum Gasteiger partial charge on any atom is -0.465 e. The van der Waals surface area contributed by atoms with Crippen molar-refractivity contribution in [2.45, 2.75) is 33.6 Å². The summed E-state index contributed by atoms with van der Waals surface area (Å²) in [4.78, 5) is 25.5. The van der Waals surface area contributed by atoms with E-state index in [1.54, 1.807) is 19.1 Å². The maximum atomic E-state index is 13.1. The van der Waals surface area contributed by atoms with Crippen molar-refractivity contribution >= 4 is 20.9 Å². The molecule has 4 nitrogen and oxygen atoms in total. The van der Waals surface area contributed by atoms with E-state index in [0.29, 0.717) is 11.1 Å². The lowest BCUT2D eigenvalue weighted by molar-refractivity contribution is -0.143. The molecular formula is C20H24O4P+. The highest BCUT2D eigenvalue weighted by Crippen LogP contribution is 2.27. The van der Waals surface area contributed by atoms with Crippen molar-refractivity contribution in [1.29, 1.82) is 0 Å². The summed E-state index contributed by atoms with van der Waals surface area (Å²) < 4.78 is 13.3. The van der Waals surface area contributed by atoms with Gasteiger partial charge in [0.25, 0.3) is 0 Å². The molecule has 0 radical (unpaired) electrons. The lowest BCUT2D eigenvalue weighted by atomic mass is 9.86. The Balaban J connectivity index is 0.00000151. The summed E-state index contributed by atoms with van der Waals surface area (Å²) >= 11 is 0. The second-order valence-electron chi connectivity index (χ2n) is 5.73. The Labute approximate surface area is 150 Å². The normalized spacial score (nSPS) is 11.0. The van der Waals surface area contributed by atoms with Gasteiger partial charge in [0.1, 0.15) is 5.92 Å². The number of esters is 1. The van der Waals surface area contributed by atoms with E-state index in [1.807, 2.05) is 51.1 Å². The van der Waals surface area contributed by atoms with Crippen LogP contribution >= 0.6 is 9.12 Å². The van der Waals surface area contributed by atoms with Crippen LogP contribution in [-0.4, -0.2) is 18.4 Å². The summed E-state index contributed by atoms with van der Waals surface area (Å²) in [5, 5.41) is 0. The minimum atomic E-state index is -0.920. The Hall–Kier alpha value is -2.32. The first kappa shape index (κ1) is 20.7. The summed E-state index contributed by atoms with van der Waals surface area (Å²) in [7, 11) is 1.17. The molecule has 132 valence electrons. The monoisotopic (exact) mass is 359 g/mol. The standard InChI is InChI=1S/C20H22O3.H2OP/c1-5-23-20(22)18(16-9-7-6-8-10-16)19(21)17-14(3)11-13(2)12-15(17)4;1-2/h6-12,18H,5H2,1-4H3;2H2/q;+1. The van der Waals surface area contributed by atoms with Crippen LogP contribution in [0.5, 0.6) is 0 Å². The molecular weight excluding hydrogens is 335 g/mol. The molecule has 0 bridgehead atoms. The molecule has 0 saturated heterocycles. The highest BCUT2D eigenvalue weighted by Gasteiger charge is 2.32. The molecule has 0 aliphatic rings. The average Bonchev–Trinajstić information content (AvgIpc) is 2.57. The summed E-state index contributed by atoms with van der Waals surface area (Å²) in [6.07, 6.45) is 0. The van der Waals surface area contributed by atoms with Crippen LogP contribution < -0.4 is 0 Å². The Kier molecular flexibility index (Phi) is 8.17. The third-order valence-corrected chi connectivity index (χ3v) is 3.84. The molecule has 2 aromatic carbocycles. The van der Waals surface area contributed by atoms with Gasteiger partial charge in [0, 0.05) is 5.56 Å². The predicted molar refractivity (Wildman–Crippen MR) is 101 cm³/mol. The first-order valence-corrected chi connectivity index (χ1v) is 8.50. The van der Waals surface area contributed by atoms with E-state index in [1.165, 1.54) is 9.12 Å². The molecule has 0 amide bonds. The first-order valence-electron chi connectivity index (χ1n) is 8.03. The summed E-state index contributed by atoms with van der Waals surface area (Å²) in [6, 6.07) is 13.0. The summed E-state index contributed by atoms with van der Waals surface area (Å²) in [5.74, 6) is -1.62. The van der Waals surface area contributed by atoms with Gasteiger partial charge in [-0.05, 0) is 44.4 Å². The second-order valence-corrected chi connectivity index (χ2v) is 5.73. The zero-order valence-electron chi connectivity index (χ0n) is 15.0. The minimum absolute atomic E-state index is 0.204. The number of carbonyl (C=O) groups excluding carboxylic acids is 2. The van der Waals surface area contributed by atoms with Crippen LogP contribution in [0.2, 0.25) is 0 Å². The van der Waals surface area contributed by atoms with E-state index in [2.05, 4.69) is 0 Å². The van der Waals surface area contributed by atoms with E-state index >= 15 is 0 Å². The fourth-order valence-corrected chi connectivity index (χ4v) is 2.98. The average molecular weight is 359 g/mol. The fourth-order valence-electron chi connectivity index (χ4n) is 2.98. The Morgan fingerprint density at radius 1 is 1.00 bits per heavy atom. The number of hydrogen-bond donors (Lipinski definition) is 0. The number of ketones is 1. The third-order valence-electron chi connectivity index (χ3n) is 3.84. The molecule has 0 heterocycles. The van der Waals surface area contributed by atoms with Gasteiger partial charge in [-0.2, -0.15) is 0 Å². The SMILES string of the molecule is CCOC(=O)C(C(=O)c1c(C)cc(C)cc1C)c1ccccc1.O=[PH2+]. The molecule has 2 unspecified atom stereocenters. The van der Waals surface area contributed by atoms with Crippen molar-refractivity contribution in [3.63, 3.8) is 0 Å². The van der Waals surface area contributed by atoms with E-state index < -0.39 is 11.9 Å². The van der Waals surface area contributed by atoms with E-state index in [-0.39, 0.29) is 12.4 Å². The van der Waals surface area contributed by atoms with Crippen molar-refractivity contribution in [2.75, 3.05) is 6.61 Å². The zero-order valence-corrected chi connectivity index (χ0v) is 16.2. The molecule has 0 fully saturated rings. The molecule has 25 heavy (non-hydrogen) atoms. The number of aryl methyl sites for hydroxylation is 3. The van der Waals surface area contributed by atoms with Gasteiger partial charge >= 0.3 is 15.1 Å². The highest BCUT2D eigenvalue weighted by atomic mass is 31.0. The number of carbonyl (C=O) groups is 2. The largest absolute Gasteiger partial charge is 0.465 e. The van der Waals surface area contributed by atoms with E-state index in [0.717, 1.165) is 16.7 Å². The fraction of sp³-hybridized carbons (Fsp3) is 0.300. The van der Waals surface area contributed by atoms with Gasteiger partial charge in [0.2, 0.25) is 0 Å². The van der Waals surface area contributed by atoms with Gasteiger partial charge < -0.3 is 4.74 Å². The van der Waals surface area contributed by atoms with Gasteiger partial charge in [-0.3, -0.25) is 9.59 Å². The van der Waals surface area contributed by atoms with E-state index in [4.69, 9.17) is 9.30 Å². The summed E-state index contributed by atoms with van der Waals surface area (Å²) in [5.41, 5.74) is 4.15. The van der Waals surface area contributed by atoms with Crippen molar-refractivity contribution in [3.05, 3.63) is 70.3 Å². The van der Waals surface area contributed by atoms with Gasteiger partial charge in [-0.25, -0.2) is 0 Å². The molecule has 0 aliphatic carbocycles. The van der Waals surface area contributed by atoms with Crippen LogP contribution in [0.3, 0.4) is 0 Å². The number of Topliss-reactive ketones (excluding diaryl/α,β-unsaturated/α-hetero) is 1. The van der Waals surface area contributed by atoms with Crippen LogP contribution in [0.25, 0.3) is 0 Å². The van der Waals surface area contributed by atoms with Crippen LogP contribution in [0.4, 0.5) is 0 Å². The first-order chi connectivity index (χ1) is 12.0. The molecule has 0 N–H and O–H groups in total. The summed E-state index contributed by atoms with van der Waals surface area (Å²) in [6.45, 7) is 7.79. The molecule has 2 rings (SSSR count). The molecule has 0 aromatic heterocycles. The predicted octanol–water partition coefficient (Wildman–Crippen LogP) is 4.35. The molecule has 5 heteroatoms. The van der Waals surface area contributed by atoms with Gasteiger partial charge in [0.15, 0.2) is 5.78 Å². The van der Waals surface area contributed by atoms with Gasteiger partial charge in [-0.15, -0.1) is 0 Å². The lowest BCUT2D eigenvalue weighted by Crippen LogP contribution is -2.25. The van der Waals surface area contributed by atoms with Crippen LogP contribution in [0.1, 0.15) is 45.5 Å². The van der Waals surface area contributed by atoms with Gasteiger partial charge in [-0.1, -0.05) is 52.6 Å². The van der Waals surface area contributed by atoms with E-state index in [9.17, 15) is 9.59 Å². The number of rotatable bonds is 5. The highest BCUT2D eigenvalue weighted by molar-refractivity contribution is 7.00. The smallest absolute Gasteiger partial charge is 0.321 e. The molecule has 2 atom stereocenters. The maximum absolute atomic E-state index is 13.1. The van der Waals surface area contributed by atoms with Gasteiger partial charge in [0.05, 0.1) is 6.61 Å². The zero-order chi connectivity index (χ0) is 19.0. The number of benzene rings is 2. The Morgan fingerprint density at radius 2 is 1.52 bits per heavy atom. The Morgan fingerprint density at radius 3 is 2.00 bits per heavy atom. The van der Waals surface area contributed by atoms with Crippen LogP contribution in [-0.2, 0) is 14.1 Å². The van der Waals surface area contributed by atoms with Crippen molar-refractivity contribution < 1.29 is 18.9 Å². The number of ether oxygens (including phenoxy) is 1. The third kappa shape index (κ3) is 5.07. The number of hydrogen-bond acceptors (Lipinski definition) is 4. The molecule has 0 aliphatic heterocycles. The van der Waals surface area contributed by atoms with Crippen molar-refractivity contribution in [1.82, 2.24) is 0 Å². The van der Waals surface area contributed by atoms with Crippen LogP contribution in [0, 0.1) is 20.8 Å². The topological polar surface area (TPSA) is 60.4 Å². The van der Waals surface area contributed by atoms with Crippen molar-refractivity contribution in [2.24, 2.45) is 0 Å². The molecule has 0 spiro atoms.